The first kappa shape index (κ1) is 13.9. The van der Waals surface area contributed by atoms with Gasteiger partial charge in [0.15, 0.2) is 0 Å². The summed E-state index contributed by atoms with van der Waals surface area (Å²) in [6.45, 7) is 5.56. The highest BCUT2D eigenvalue weighted by molar-refractivity contribution is 5.83. The van der Waals surface area contributed by atoms with E-state index in [1.807, 2.05) is 13.8 Å². The molecule has 1 unspecified atom stereocenters. The minimum Gasteiger partial charge on any atom is -0.480 e. The van der Waals surface area contributed by atoms with Gasteiger partial charge in [0.1, 0.15) is 6.04 Å². The third-order valence-electron chi connectivity index (χ3n) is 2.32. The highest BCUT2D eigenvalue weighted by Gasteiger charge is 2.19. The Labute approximate surface area is 90.0 Å². The molecule has 5 nitrogen and oxygen atoms in total. The summed E-state index contributed by atoms with van der Waals surface area (Å²) < 4.78 is 0. The quantitative estimate of drug-likeness (QED) is 0.597. The van der Waals surface area contributed by atoms with Crippen molar-refractivity contribution >= 4 is 11.9 Å². The number of nitrogens with two attached hydrogens (primary N) is 1. The highest BCUT2D eigenvalue weighted by atomic mass is 16.4. The lowest BCUT2D eigenvalue weighted by molar-refractivity contribution is -0.142. The van der Waals surface area contributed by atoms with Gasteiger partial charge in [-0.3, -0.25) is 4.79 Å². The van der Waals surface area contributed by atoms with Crippen LogP contribution in [0.2, 0.25) is 0 Å². The summed E-state index contributed by atoms with van der Waals surface area (Å²) in [4.78, 5) is 22.0. The number of hydrogen-bond acceptors (Lipinski definition) is 3. The van der Waals surface area contributed by atoms with Crippen LogP contribution in [0, 0.1) is 5.92 Å². The molecule has 0 aromatic rings. The molecule has 4 N–H and O–H groups in total. The Bertz CT molecular complexity index is 229. The lowest BCUT2D eigenvalue weighted by Gasteiger charge is -2.17. The zero-order chi connectivity index (χ0) is 12.0. The summed E-state index contributed by atoms with van der Waals surface area (Å²) in [5, 5.41) is 11.2. The molecule has 0 heterocycles. The molecule has 0 aromatic heterocycles. The Kier molecular flexibility index (Phi) is 5.93. The molecule has 5 heteroatoms. The lowest BCUT2D eigenvalue weighted by atomic mass is 10.0. The molecule has 88 valence electrons. The van der Waals surface area contributed by atoms with Crippen LogP contribution in [-0.4, -0.2) is 29.1 Å². The number of carboxylic acid groups (broad SMARTS) is 1. The third kappa shape index (κ3) is 5.37. The number of aliphatic carboxylic acids is 1. The van der Waals surface area contributed by atoms with Crippen molar-refractivity contribution in [2.75, 3.05) is 0 Å². The molecule has 15 heavy (non-hydrogen) atoms. The van der Waals surface area contributed by atoms with E-state index in [1.165, 1.54) is 0 Å². The number of carbonyl (C=O) groups excluding carboxylic acids is 1. The predicted octanol–water partition coefficient (Wildman–Crippen LogP) is 0.339. The zero-order valence-electron chi connectivity index (χ0n) is 9.49. The van der Waals surface area contributed by atoms with Gasteiger partial charge in [0.2, 0.25) is 5.91 Å². The first-order valence-electron chi connectivity index (χ1n) is 5.16. The van der Waals surface area contributed by atoms with Crippen molar-refractivity contribution in [1.29, 1.82) is 0 Å². The molecule has 0 spiro atoms. The minimum atomic E-state index is -1.01. The van der Waals surface area contributed by atoms with Gasteiger partial charge in [-0.15, -0.1) is 0 Å². The molecule has 0 fully saturated rings. The zero-order valence-corrected chi connectivity index (χ0v) is 9.49. The minimum absolute atomic E-state index is 0.168. The van der Waals surface area contributed by atoms with Gasteiger partial charge in [0.25, 0.3) is 0 Å². The van der Waals surface area contributed by atoms with Gasteiger partial charge >= 0.3 is 5.97 Å². The standard InChI is InChI=1S/C10H20N2O3/c1-4-8(10(14)15)12-9(13)5-7(11)6(2)3/h6-8H,4-5,11H2,1-3H3,(H,12,13)(H,14,15)/t7?,8-/m1/s1. The van der Waals surface area contributed by atoms with Crippen LogP contribution < -0.4 is 11.1 Å². The topological polar surface area (TPSA) is 92.4 Å². The smallest absolute Gasteiger partial charge is 0.326 e. The fraction of sp³-hybridized carbons (Fsp3) is 0.800. The van der Waals surface area contributed by atoms with E-state index < -0.39 is 12.0 Å². The van der Waals surface area contributed by atoms with Crippen LogP contribution in [-0.2, 0) is 9.59 Å². The van der Waals surface area contributed by atoms with Gasteiger partial charge in [0, 0.05) is 12.5 Å². The van der Waals surface area contributed by atoms with Gasteiger partial charge in [-0.25, -0.2) is 4.79 Å². The molecule has 0 aliphatic carbocycles. The molecule has 0 bridgehead atoms. The van der Waals surface area contributed by atoms with Crippen LogP contribution in [0.3, 0.4) is 0 Å². The highest BCUT2D eigenvalue weighted by Crippen LogP contribution is 2.03. The first-order valence-corrected chi connectivity index (χ1v) is 5.16. The Morgan fingerprint density at radius 3 is 2.27 bits per heavy atom. The van der Waals surface area contributed by atoms with Crippen molar-refractivity contribution in [1.82, 2.24) is 5.32 Å². The molecule has 0 aliphatic rings. The Balaban J connectivity index is 4.07. The molecular formula is C10H20N2O3. The maximum atomic E-state index is 11.4. The normalized spacial score (nSPS) is 14.7. The van der Waals surface area contributed by atoms with E-state index in [4.69, 9.17) is 10.8 Å². The molecule has 0 saturated heterocycles. The number of carbonyl (C=O) groups is 2. The second-order valence-electron chi connectivity index (χ2n) is 3.98. The van der Waals surface area contributed by atoms with E-state index in [2.05, 4.69) is 5.32 Å². The molecule has 1 amide bonds. The number of rotatable bonds is 6. The van der Waals surface area contributed by atoms with Crippen molar-refractivity contribution in [2.24, 2.45) is 11.7 Å². The summed E-state index contributed by atoms with van der Waals surface area (Å²) in [5.41, 5.74) is 5.70. The van der Waals surface area contributed by atoms with Gasteiger partial charge in [0.05, 0.1) is 0 Å². The fourth-order valence-corrected chi connectivity index (χ4v) is 1.04. The summed E-state index contributed by atoms with van der Waals surface area (Å²) in [6.07, 6.45) is 0.541. The Morgan fingerprint density at radius 1 is 1.40 bits per heavy atom. The maximum absolute atomic E-state index is 11.4. The fourth-order valence-electron chi connectivity index (χ4n) is 1.04. The average Bonchev–Trinajstić information content (AvgIpc) is 2.13. The van der Waals surface area contributed by atoms with E-state index in [-0.39, 0.29) is 24.3 Å². The Hall–Kier alpha value is -1.10. The summed E-state index contributed by atoms with van der Waals surface area (Å²) >= 11 is 0. The van der Waals surface area contributed by atoms with Crippen molar-refractivity contribution in [3.63, 3.8) is 0 Å². The van der Waals surface area contributed by atoms with Crippen LogP contribution in [0.5, 0.6) is 0 Å². The Morgan fingerprint density at radius 2 is 1.93 bits per heavy atom. The predicted molar refractivity (Wildman–Crippen MR) is 57.3 cm³/mol. The summed E-state index contributed by atoms with van der Waals surface area (Å²) in [6, 6.07) is -1.03. The van der Waals surface area contributed by atoms with Gasteiger partial charge < -0.3 is 16.2 Å². The second-order valence-corrected chi connectivity index (χ2v) is 3.98. The van der Waals surface area contributed by atoms with Crippen LogP contribution in [0.4, 0.5) is 0 Å². The molecule has 0 rings (SSSR count). The van der Waals surface area contributed by atoms with Gasteiger partial charge in [-0.2, -0.15) is 0 Å². The van der Waals surface area contributed by atoms with Gasteiger partial charge in [-0.1, -0.05) is 20.8 Å². The number of nitrogens with one attached hydrogen (secondary N) is 1. The van der Waals surface area contributed by atoms with Crippen molar-refractivity contribution in [3.05, 3.63) is 0 Å². The molecule has 0 radical (unpaired) electrons. The lowest BCUT2D eigenvalue weighted by Crippen LogP contribution is -2.43. The van der Waals surface area contributed by atoms with E-state index >= 15 is 0 Å². The number of carboxylic acids is 1. The van der Waals surface area contributed by atoms with Gasteiger partial charge in [-0.05, 0) is 12.3 Å². The molecular weight excluding hydrogens is 196 g/mol. The van der Waals surface area contributed by atoms with Crippen molar-refractivity contribution < 1.29 is 14.7 Å². The largest absolute Gasteiger partial charge is 0.480 e. The third-order valence-corrected chi connectivity index (χ3v) is 2.32. The van der Waals surface area contributed by atoms with Crippen LogP contribution in [0.25, 0.3) is 0 Å². The van der Waals surface area contributed by atoms with E-state index in [1.54, 1.807) is 6.92 Å². The van der Waals surface area contributed by atoms with E-state index in [0.29, 0.717) is 6.42 Å². The SMILES string of the molecule is CC[C@@H](NC(=O)CC(N)C(C)C)C(=O)O. The van der Waals surface area contributed by atoms with Crippen LogP contribution in [0.15, 0.2) is 0 Å². The number of amides is 1. The van der Waals surface area contributed by atoms with E-state index in [9.17, 15) is 9.59 Å². The van der Waals surface area contributed by atoms with E-state index in [0.717, 1.165) is 0 Å². The van der Waals surface area contributed by atoms with Crippen molar-refractivity contribution in [2.45, 2.75) is 45.7 Å². The molecule has 2 atom stereocenters. The molecule has 0 aliphatic heterocycles. The van der Waals surface area contributed by atoms with Crippen LogP contribution >= 0.6 is 0 Å². The van der Waals surface area contributed by atoms with Crippen LogP contribution in [0.1, 0.15) is 33.6 Å². The molecule has 0 saturated carbocycles. The maximum Gasteiger partial charge on any atom is 0.326 e. The molecule has 0 aromatic carbocycles. The first-order chi connectivity index (χ1) is 6.88. The number of hydrogen-bond donors (Lipinski definition) is 3. The van der Waals surface area contributed by atoms with Crippen molar-refractivity contribution in [3.8, 4) is 0 Å². The summed E-state index contributed by atoms with van der Waals surface area (Å²) in [5.74, 6) is -1.10. The average molecular weight is 216 g/mol. The summed E-state index contributed by atoms with van der Waals surface area (Å²) in [7, 11) is 0. The second kappa shape index (κ2) is 6.40. The monoisotopic (exact) mass is 216 g/mol.